The average molecular weight is 250 g/mol. The number of anilines is 1. The van der Waals surface area contributed by atoms with Crippen LogP contribution in [0.15, 0.2) is 18.2 Å². The number of amides is 1. The van der Waals surface area contributed by atoms with Crippen LogP contribution in [-0.2, 0) is 0 Å². The summed E-state index contributed by atoms with van der Waals surface area (Å²) in [6, 6.07) is 4.71. The third-order valence-corrected chi connectivity index (χ3v) is 2.65. The lowest BCUT2D eigenvalue weighted by Gasteiger charge is -2.21. The van der Waals surface area contributed by atoms with Crippen LogP contribution in [-0.4, -0.2) is 17.5 Å². The lowest BCUT2D eigenvalue weighted by Crippen LogP contribution is -2.40. The maximum absolute atomic E-state index is 13.3. The van der Waals surface area contributed by atoms with E-state index in [4.69, 9.17) is 0 Å². The molecule has 2 rings (SSSR count). The van der Waals surface area contributed by atoms with Crippen LogP contribution in [0.5, 0.6) is 0 Å². The summed E-state index contributed by atoms with van der Waals surface area (Å²) >= 11 is 0. The Morgan fingerprint density at radius 1 is 1.33 bits per heavy atom. The molecule has 1 aliphatic carbocycles. The van der Waals surface area contributed by atoms with E-state index in [-0.39, 0.29) is 11.4 Å². The normalized spacial score (nSPS) is 15.3. The van der Waals surface area contributed by atoms with Crippen molar-refractivity contribution in [2.24, 2.45) is 0 Å². The van der Waals surface area contributed by atoms with Gasteiger partial charge in [0.25, 0.3) is 5.91 Å². The summed E-state index contributed by atoms with van der Waals surface area (Å²) in [5, 5.41) is 6.10. The highest BCUT2D eigenvalue weighted by Gasteiger charge is 2.24. The Hall–Kier alpha value is -1.58. The van der Waals surface area contributed by atoms with E-state index < -0.39 is 5.82 Å². The fourth-order valence-corrected chi connectivity index (χ4v) is 1.69. The van der Waals surface area contributed by atoms with Crippen LogP contribution in [0.25, 0.3) is 0 Å². The number of carbonyl (C=O) groups is 1. The number of rotatable bonds is 3. The topological polar surface area (TPSA) is 41.1 Å². The van der Waals surface area contributed by atoms with Crippen molar-refractivity contribution >= 4 is 11.6 Å². The minimum Gasteiger partial charge on any atom is -0.382 e. The van der Waals surface area contributed by atoms with E-state index in [0.29, 0.717) is 17.3 Å². The fourth-order valence-electron chi connectivity index (χ4n) is 1.69. The molecule has 0 saturated heterocycles. The average Bonchev–Trinajstić information content (AvgIpc) is 3.02. The van der Waals surface area contributed by atoms with Crippen LogP contribution < -0.4 is 10.6 Å². The summed E-state index contributed by atoms with van der Waals surface area (Å²) in [5.41, 5.74) is 0.748. The molecule has 1 aromatic carbocycles. The second-order valence-electron chi connectivity index (χ2n) is 5.81. The monoisotopic (exact) mass is 250 g/mol. The smallest absolute Gasteiger partial charge is 0.253 e. The van der Waals surface area contributed by atoms with Gasteiger partial charge in [-0.3, -0.25) is 4.79 Å². The molecule has 2 N–H and O–H groups in total. The highest BCUT2D eigenvalue weighted by atomic mass is 19.1. The van der Waals surface area contributed by atoms with Crippen LogP contribution in [0.2, 0.25) is 0 Å². The van der Waals surface area contributed by atoms with Gasteiger partial charge in [0.15, 0.2) is 0 Å². The van der Waals surface area contributed by atoms with Gasteiger partial charge in [-0.2, -0.15) is 0 Å². The van der Waals surface area contributed by atoms with Crippen LogP contribution in [0.4, 0.5) is 10.1 Å². The first kappa shape index (κ1) is 12.9. The Bertz CT molecular complexity index is 461. The first-order valence-corrected chi connectivity index (χ1v) is 6.24. The van der Waals surface area contributed by atoms with E-state index in [1.54, 1.807) is 6.07 Å². The van der Waals surface area contributed by atoms with E-state index in [1.807, 2.05) is 20.8 Å². The van der Waals surface area contributed by atoms with E-state index in [2.05, 4.69) is 10.6 Å². The van der Waals surface area contributed by atoms with Crippen LogP contribution in [0.1, 0.15) is 44.0 Å². The molecule has 0 spiro atoms. The largest absolute Gasteiger partial charge is 0.382 e. The van der Waals surface area contributed by atoms with Crippen LogP contribution in [0.3, 0.4) is 0 Å². The molecule has 0 radical (unpaired) electrons. The zero-order valence-corrected chi connectivity index (χ0v) is 11.0. The molecule has 98 valence electrons. The van der Waals surface area contributed by atoms with Crippen molar-refractivity contribution in [1.82, 2.24) is 5.32 Å². The molecule has 0 bridgehead atoms. The van der Waals surface area contributed by atoms with Gasteiger partial charge in [0, 0.05) is 17.3 Å². The van der Waals surface area contributed by atoms with Crippen LogP contribution >= 0.6 is 0 Å². The molecule has 0 unspecified atom stereocenters. The van der Waals surface area contributed by atoms with Gasteiger partial charge in [0.2, 0.25) is 0 Å². The van der Waals surface area contributed by atoms with Crippen molar-refractivity contribution in [2.75, 3.05) is 5.32 Å². The highest BCUT2D eigenvalue weighted by Crippen LogP contribution is 2.27. The lowest BCUT2D eigenvalue weighted by atomic mass is 10.1. The zero-order valence-electron chi connectivity index (χ0n) is 11.0. The predicted molar refractivity (Wildman–Crippen MR) is 70.3 cm³/mol. The highest BCUT2D eigenvalue weighted by molar-refractivity contribution is 6.00. The molecule has 1 amide bonds. The van der Waals surface area contributed by atoms with E-state index in [1.165, 1.54) is 12.1 Å². The number of hydrogen-bond donors (Lipinski definition) is 2. The molecular formula is C14H19FN2O. The van der Waals surface area contributed by atoms with Gasteiger partial charge >= 0.3 is 0 Å². The molecule has 18 heavy (non-hydrogen) atoms. The maximum atomic E-state index is 13.3. The molecule has 0 aliphatic heterocycles. The molecule has 1 fully saturated rings. The second kappa shape index (κ2) is 4.59. The molecule has 1 aliphatic rings. The number of carbonyl (C=O) groups excluding carboxylic acids is 1. The maximum Gasteiger partial charge on any atom is 0.253 e. The third-order valence-electron chi connectivity index (χ3n) is 2.65. The second-order valence-corrected chi connectivity index (χ2v) is 5.81. The molecule has 0 atom stereocenters. The van der Waals surface area contributed by atoms with Crippen molar-refractivity contribution in [1.29, 1.82) is 0 Å². The molecule has 1 aromatic rings. The molecule has 0 heterocycles. The van der Waals surface area contributed by atoms with Crippen molar-refractivity contribution in [3.8, 4) is 0 Å². The lowest BCUT2D eigenvalue weighted by molar-refractivity contribution is 0.0920. The van der Waals surface area contributed by atoms with Crippen molar-refractivity contribution in [3.05, 3.63) is 29.6 Å². The van der Waals surface area contributed by atoms with E-state index in [9.17, 15) is 9.18 Å². The summed E-state index contributed by atoms with van der Waals surface area (Å²) in [6.07, 6.45) is 2.22. The molecule has 4 heteroatoms. The van der Waals surface area contributed by atoms with Gasteiger partial charge in [0.05, 0.1) is 5.56 Å². The zero-order chi connectivity index (χ0) is 13.3. The Morgan fingerprint density at radius 2 is 2.00 bits per heavy atom. The Balaban J connectivity index is 2.23. The fraction of sp³-hybridized carbons (Fsp3) is 0.500. The number of benzene rings is 1. The van der Waals surface area contributed by atoms with Crippen molar-refractivity contribution < 1.29 is 9.18 Å². The molecule has 1 saturated carbocycles. The van der Waals surface area contributed by atoms with Crippen molar-refractivity contribution in [3.63, 3.8) is 0 Å². The van der Waals surface area contributed by atoms with Crippen molar-refractivity contribution in [2.45, 2.75) is 45.2 Å². The number of nitrogens with one attached hydrogen (secondary N) is 2. The summed E-state index contributed by atoms with van der Waals surface area (Å²) in [4.78, 5) is 12.1. The Labute approximate surface area is 107 Å². The molecule has 3 nitrogen and oxygen atoms in total. The summed E-state index contributed by atoms with van der Waals surface area (Å²) in [6.45, 7) is 5.70. The van der Waals surface area contributed by atoms with Gasteiger partial charge in [-0.1, -0.05) is 0 Å². The van der Waals surface area contributed by atoms with Gasteiger partial charge in [0.1, 0.15) is 5.82 Å². The summed E-state index contributed by atoms with van der Waals surface area (Å²) in [7, 11) is 0. The van der Waals surface area contributed by atoms with E-state index in [0.717, 1.165) is 12.8 Å². The van der Waals surface area contributed by atoms with Gasteiger partial charge < -0.3 is 10.6 Å². The van der Waals surface area contributed by atoms with Gasteiger partial charge in [-0.05, 0) is 51.8 Å². The minimum absolute atomic E-state index is 0.245. The minimum atomic E-state index is -0.393. The summed E-state index contributed by atoms with van der Waals surface area (Å²) < 4.78 is 13.3. The SMILES string of the molecule is CC(C)(C)NC(=O)c1cc(F)ccc1NC1CC1. The number of hydrogen-bond acceptors (Lipinski definition) is 2. The first-order chi connectivity index (χ1) is 8.35. The first-order valence-electron chi connectivity index (χ1n) is 6.24. The van der Waals surface area contributed by atoms with Gasteiger partial charge in [-0.15, -0.1) is 0 Å². The molecule has 0 aromatic heterocycles. The third kappa shape index (κ3) is 3.45. The quantitative estimate of drug-likeness (QED) is 0.866. The number of halogens is 1. The Kier molecular flexibility index (Phi) is 3.28. The van der Waals surface area contributed by atoms with Gasteiger partial charge in [-0.25, -0.2) is 4.39 Å². The predicted octanol–water partition coefficient (Wildman–Crippen LogP) is 2.93. The summed E-state index contributed by atoms with van der Waals surface area (Å²) in [5.74, 6) is -0.638. The Morgan fingerprint density at radius 3 is 2.56 bits per heavy atom. The van der Waals surface area contributed by atoms with Crippen LogP contribution in [0, 0.1) is 5.82 Å². The standard InChI is InChI=1S/C14H19FN2O/c1-14(2,3)17-13(18)11-8-9(15)4-7-12(11)16-10-5-6-10/h4,7-8,10,16H,5-6H2,1-3H3,(H,17,18). The molecular weight excluding hydrogens is 231 g/mol. The van der Waals surface area contributed by atoms with E-state index >= 15 is 0 Å².